The Labute approximate surface area is 124 Å². The highest BCUT2D eigenvalue weighted by molar-refractivity contribution is 9.10. The van der Waals surface area contributed by atoms with E-state index in [2.05, 4.69) is 30.9 Å². The zero-order valence-electron chi connectivity index (χ0n) is 10.8. The van der Waals surface area contributed by atoms with E-state index in [4.69, 9.17) is 5.73 Å². The van der Waals surface area contributed by atoms with Crippen LogP contribution in [-0.2, 0) is 0 Å². The molecule has 1 aliphatic carbocycles. The molecule has 0 unspecified atom stereocenters. The highest BCUT2D eigenvalue weighted by Gasteiger charge is 2.21. The second-order valence-corrected chi connectivity index (χ2v) is 5.93. The zero-order chi connectivity index (χ0) is 14.1. The minimum atomic E-state index is -0.337. The largest absolute Gasteiger partial charge is 0.368 e. The van der Waals surface area contributed by atoms with Crippen LogP contribution in [0.2, 0.25) is 0 Å². The van der Waals surface area contributed by atoms with Gasteiger partial charge < -0.3 is 5.73 Å². The molecule has 1 saturated carbocycles. The highest BCUT2D eigenvalue weighted by atomic mass is 79.9. The number of hydrogen-bond donors (Lipinski definition) is 1. The monoisotopic (exact) mass is 336 g/mol. The topological polar surface area (TPSA) is 64.7 Å². The molecule has 0 bridgehead atoms. The van der Waals surface area contributed by atoms with Crippen molar-refractivity contribution in [3.05, 3.63) is 34.3 Å². The molecule has 0 saturated heterocycles. The van der Waals surface area contributed by atoms with Gasteiger partial charge in [-0.25, -0.2) is 9.37 Å². The minimum Gasteiger partial charge on any atom is -0.368 e. The van der Waals surface area contributed by atoms with Gasteiger partial charge in [-0.15, -0.1) is 0 Å². The molecule has 0 aliphatic heterocycles. The molecular formula is C14H14BrFN4. The van der Waals surface area contributed by atoms with Crippen molar-refractivity contribution in [1.29, 1.82) is 0 Å². The molecule has 0 radical (unpaired) electrons. The zero-order valence-corrected chi connectivity index (χ0v) is 12.4. The number of aromatic nitrogens is 3. The summed E-state index contributed by atoms with van der Waals surface area (Å²) in [7, 11) is 0. The first kappa shape index (κ1) is 13.4. The van der Waals surface area contributed by atoms with Gasteiger partial charge in [-0.05, 0) is 31.0 Å². The number of nitrogens with zero attached hydrogens (tertiary/aromatic N) is 3. The first-order valence-electron chi connectivity index (χ1n) is 6.60. The van der Waals surface area contributed by atoms with E-state index in [-0.39, 0.29) is 11.8 Å². The van der Waals surface area contributed by atoms with E-state index in [0.717, 1.165) is 18.7 Å². The van der Waals surface area contributed by atoms with Crippen LogP contribution in [0.3, 0.4) is 0 Å². The SMILES string of the molecule is Nc1nc(-c2cc(F)cc(Br)c2)nc(C2CCCC2)n1. The Balaban J connectivity index is 2.04. The molecule has 1 fully saturated rings. The normalized spacial score (nSPS) is 15.7. The summed E-state index contributed by atoms with van der Waals surface area (Å²) < 4.78 is 14.1. The number of anilines is 1. The van der Waals surface area contributed by atoms with Crippen LogP contribution in [0.25, 0.3) is 11.4 Å². The van der Waals surface area contributed by atoms with Crippen LogP contribution in [-0.4, -0.2) is 15.0 Å². The predicted octanol–water partition coefficient (Wildman–Crippen LogP) is 3.68. The quantitative estimate of drug-likeness (QED) is 0.908. The van der Waals surface area contributed by atoms with E-state index in [0.29, 0.717) is 21.8 Å². The molecule has 6 heteroatoms. The van der Waals surface area contributed by atoms with Gasteiger partial charge in [-0.1, -0.05) is 28.8 Å². The van der Waals surface area contributed by atoms with Gasteiger partial charge in [0.2, 0.25) is 5.95 Å². The number of halogens is 2. The standard InChI is InChI=1S/C14H14BrFN4/c15-10-5-9(6-11(16)7-10)13-18-12(19-14(17)20-13)8-3-1-2-4-8/h5-8H,1-4H2,(H2,17,18,19,20). The lowest BCUT2D eigenvalue weighted by Crippen LogP contribution is -2.07. The average Bonchev–Trinajstić information content (AvgIpc) is 2.90. The van der Waals surface area contributed by atoms with Gasteiger partial charge in [0.25, 0.3) is 0 Å². The van der Waals surface area contributed by atoms with E-state index in [1.165, 1.54) is 25.0 Å². The Morgan fingerprint density at radius 2 is 1.85 bits per heavy atom. The fourth-order valence-corrected chi connectivity index (χ4v) is 3.05. The van der Waals surface area contributed by atoms with E-state index in [1.807, 2.05) is 0 Å². The Kier molecular flexibility index (Phi) is 3.65. The molecule has 1 heterocycles. The molecule has 0 spiro atoms. The lowest BCUT2D eigenvalue weighted by Gasteiger charge is -2.10. The van der Waals surface area contributed by atoms with Gasteiger partial charge in [-0.2, -0.15) is 9.97 Å². The van der Waals surface area contributed by atoms with Crippen LogP contribution < -0.4 is 5.73 Å². The molecule has 104 valence electrons. The van der Waals surface area contributed by atoms with Crippen molar-refractivity contribution in [2.45, 2.75) is 31.6 Å². The maximum absolute atomic E-state index is 13.5. The fourth-order valence-electron chi connectivity index (χ4n) is 2.59. The molecule has 2 aromatic rings. The van der Waals surface area contributed by atoms with Crippen LogP contribution in [0.5, 0.6) is 0 Å². The Morgan fingerprint density at radius 1 is 1.10 bits per heavy atom. The van der Waals surface area contributed by atoms with Gasteiger partial charge in [-0.3, -0.25) is 0 Å². The summed E-state index contributed by atoms with van der Waals surface area (Å²) in [4.78, 5) is 12.8. The molecule has 1 aromatic heterocycles. The van der Waals surface area contributed by atoms with Crippen molar-refractivity contribution in [2.75, 3.05) is 5.73 Å². The van der Waals surface area contributed by atoms with Gasteiger partial charge in [0, 0.05) is 16.0 Å². The van der Waals surface area contributed by atoms with Crippen LogP contribution in [0.1, 0.15) is 37.4 Å². The van der Waals surface area contributed by atoms with Gasteiger partial charge >= 0.3 is 0 Å². The van der Waals surface area contributed by atoms with Crippen molar-refractivity contribution < 1.29 is 4.39 Å². The number of benzene rings is 1. The average molecular weight is 337 g/mol. The summed E-state index contributed by atoms with van der Waals surface area (Å²) in [5, 5.41) is 0. The van der Waals surface area contributed by atoms with E-state index < -0.39 is 0 Å². The van der Waals surface area contributed by atoms with Crippen molar-refractivity contribution in [3.8, 4) is 11.4 Å². The Bertz CT molecular complexity index is 621. The summed E-state index contributed by atoms with van der Waals surface area (Å²) in [6, 6.07) is 4.57. The fraction of sp³-hybridized carbons (Fsp3) is 0.357. The Hall–Kier alpha value is -1.56. The first-order chi connectivity index (χ1) is 9.61. The van der Waals surface area contributed by atoms with Gasteiger partial charge in [0.1, 0.15) is 11.6 Å². The molecule has 4 nitrogen and oxygen atoms in total. The highest BCUT2D eigenvalue weighted by Crippen LogP contribution is 2.33. The van der Waals surface area contributed by atoms with Crippen LogP contribution in [0, 0.1) is 5.82 Å². The third-order valence-corrected chi connectivity index (χ3v) is 3.97. The third kappa shape index (κ3) is 2.80. The second-order valence-electron chi connectivity index (χ2n) is 5.01. The molecule has 2 N–H and O–H groups in total. The first-order valence-corrected chi connectivity index (χ1v) is 7.39. The van der Waals surface area contributed by atoms with Crippen molar-refractivity contribution in [2.24, 2.45) is 0 Å². The van der Waals surface area contributed by atoms with Crippen LogP contribution >= 0.6 is 15.9 Å². The van der Waals surface area contributed by atoms with Crippen LogP contribution in [0.15, 0.2) is 22.7 Å². The van der Waals surface area contributed by atoms with Crippen molar-refractivity contribution in [3.63, 3.8) is 0 Å². The molecular weight excluding hydrogens is 323 g/mol. The number of rotatable bonds is 2. The number of nitrogens with two attached hydrogens (primary N) is 1. The lowest BCUT2D eigenvalue weighted by atomic mass is 10.1. The van der Waals surface area contributed by atoms with Crippen LogP contribution in [0.4, 0.5) is 10.3 Å². The molecule has 3 rings (SSSR count). The predicted molar refractivity (Wildman–Crippen MR) is 78.5 cm³/mol. The second kappa shape index (κ2) is 5.44. The summed E-state index contributed by atoms with van der Waals surface area (Å²) in [5.41, 5.74) is 6.37. The maximum atomic E-state index is 13.5. The number of nitrogen functional groups attached to an aromatic ring is 1. The molecule has 0 atom stereocenters. The third-order valence-electron chi connectivity index (χ3n) is 3.51. The maximum Gasteiger partial charge on any atom is 0.223 e. The lowest BCUT2D eigenvalue weighted by molar-refractivity contribution is 0.627. The number of hydrogen-bond acceptors (Lipinski definition) is 4. The molecule has 20 heavy (non-hydrogen) atoms. The summed E-state index contributed by atoms with van der Waals surface area (Å²) in [5.74, 6) is 1.36. The smallest absolute Gasteiger partial charge is 0.223 e. The minimum absolute atomic E-state index is 0.192. The molecule has 0 amide bonds. The van der Waals surface area contributed by atoms with E-state index in [9.17, 15) is 4.39 Å². The van der Waals surface area contributed by atoms with Gasteiger partial charge in [0.05, 0.1) is 0 Å². The molecule has 1 aromatic carbocycles. The summed E-state index contributed by atoms with van der Waals surface area (Å²) in [6.07, 6.45) is 4.54. The van der Waals surface area contributed by atoms with E-state index >= 15 is 0 Å². The Morgan fingerprint density at radius 3 is 2.55 bits per heavy atom. The van der Waals surface area contributed by atoms with Crippen molar-refractivity contribution in [1.82, 2.24) is 15.0 Å². The summed E-state index contributed by atoms with van der Waals surface area (Å²) in [6.45, 7) is 0. The summed E-state index contributed by atoms with van der Waals surface area (Å²) >= 11 is 3.27. The van der Waals surface area contributed by atoms with Gasteiger partial charge in [0.15, 0.2) is 5.82 Å². The van der Waals surface area contributed by atoms with Crippen molar-refractivity contribution >= 4 is 21.9 Å². The molecule has 1 aliphatic rings. The van der Waals surface area contributed by atoms with E-state index in [1.54, 1.807) is 6.07 Å².